The van der Waals surface area contributed by atoms with E-state index in [4.69, 9.17) is 11.6 Å². The molecule has 1 unspecified atom stereocenters. The van der Waals surface area contributed by atoms with Crippen LogP contribution in [0, 0.1) is 5.82 Å². The molecule has 1 saturated heterocycles. The third-order valence-corrected chi connectivity index (χ3v) is 4.76. The first-order chi connectivity index (χ1) is 13.2. The maximum atomic E-state index is 14.0. The molecule has 10 heteroatoms. The Hall–Kier alpha value is -2.55. The van der Waals surface area contributed by atoms with E-state index in [9.17, 15) is 22.4 Å². The van der Waals surface area contributed by atoms with Gasteiger partial charge in [0.2, 0.25) is 0 Å². The van der Waals surface area contributed by atoms with Gasteiger partial charge in [-0.15, -0.1) is 0 Å². The predicted octanol–water partition coefficient (Wildman–Crippen LogP) is 4.64. The Morgan fingerprint density at radius 3 is 2.64 bits per heavy atom. The molecular formula is C18H17ClF4N4O. The van der Waals surface area contributed by atoms with Gasteiger partial charge in [-0.2, -0.15) is 13.2 Å². The third kappa shape index (κ3) is 4.30. The summed E-state index contributed by atoms with van der Waals surface area (Å²) < 4.78 is 51.9. The molecule has 0 bridgehead atoms. The summed E-state index contributed by atoms with van der Waals surface area (Å²) in [6.07, 6.45) is -3.03. The molecule has 2 heterocycles. The molecule has 5 nitrogen and oxygen atoms in total. The van der Waals surface area contributed by atoms with Crippen LogP contribution in [0.2, 0.25) is 5.02 Å². The van der Waals surface area contributed by atoms with Gasteiger partial charge in [-0.3, -0.25) is 0 Å². The summed E-state index contributed by atoms with van der Waals surface area (Å²) in [7, 11) is 0. The summed E-state index contributed by atoms with van der Waals surface area (Å²) in [5.74, 6) is -0.528. The molecule has 1 atom stereocenters. The number of carbonyl (C=O) groups is 1. The number of nitrogens with zero attached hydrogens (tertiary/aromatic N) is 3. The summed E-state index contributed by atoms with van der Waals surface area (Å²) in [4.78, 5) is 20.2. The Morgan fingerprint density at radius 1 is 1.29 bits per heavy atom. The zero-order valence-corrected chi connectivity index (χ0v) is 15.6. The lowest BCUT2D eigenvalue weighted by Gasteiger charge is -2.40. The Labute approximate surface area is 163 Å². The van der Waals surface area contributed by atoms with Crippen molar-refractivity contribution in [2.45, 2.75) is 19.1 Å². The maximum absolute atomic E-state index is 14.0. The van der Waals surface area contributed by atoms with Crippen LogP contribution in [0.4, 0.5) is 33.9 Å². The van der Waals surface area contributed by atoms with Crippen molar-refractivity contribution in [2.24, 2.45) is 0 Å². The molecule has 150 valence electrons. The molecule has 0 aliphatic carbocycles. The summed E-state index contributed by atoms with van der Waals surface area (Å²) >= 11 is 6.15. The zero-order valence-electron chi connectivity index (χ0n) is 14.8. The fourth-order valence-corrected chi connectivity index (χ4v) is 3.28. The number of aromatic nitrogens is 1. The number of hydrogen-bond donors (Lipinski definition) is 1. The largest absolute Gasteiger partial charge is 0.416 e. The lowest BCUT2D eigenvalue weighted by molar-refractivity contribution is -0.137. The van der Waals surface area contributed by atoms with Crippen LogP contribution in [0.3, 0.4) is 0 Å². The molecule has 1 fully saturated rings. The molecule has 0 radical (unpaired) electrons. The molecule has 1 aromatic heterocycles. The van der Waals surface area contributed by atoms with E-state index < -0.39 is 23.6 Å². The zero-order chi connectivity index (χ0) is 20.5. The van der Waals surface area contributed by atoms with Gasteiger partial charge in [-0.1, -0.05) is 11.6 Å². The predicted molar refractivity (Wildman–Crippen MR) is 98.0 cm³/mol. The van der Waals surface area contributed by atoms with Gasteiger partial charge >= 0.3 is 12.2 Å². The van der Waals surface area contributed by atoms with Crippen LogP contribution in [0.25, 0.3) is 0 Å². The van der Waals surface area contributed by atoms with Gasteiger partial charge in [0.25, 0.3) is 0 Å². The molecule has 1 aliphatic rings. The minimum Gasteiger partial charge on any atom is -0.352 e. The quantitative estimate of drug-likeness (QED) is 0.726. The van der Waals surface area contributed by atoms with E-state index in [1.165, 1.54) is 4.90 Å². The second-order valence-corrected chi connectivity index (χ2v) is 6.83. The molecule has 0 spiro atoms. The van der Waals surface area contributed by atoms with Crippen molar-refractivity contribution >= 4 is 29.1 Å². The van der Waals surface area contributed by atoms with Gasteiger partial charge in [0.1, 0.15) is 11.6 Å². The van der Waals surface area contributed by atoms with E-state index >= 15 is 0 Å². The second kappa shape index (κ2) is 7.83. The lowest BCUT2D eigenvalue weighted by atomic mass is 10.2. The standard InChI is InChI=1S/C18H17ClF4N4O/c1-11-10-26(16-13(19)3-2-6-24-16)7-8-27(11)17(28)25-15-5-4-12(9-14(15)20)18(21,22)23/h2-6,9,11H,7-8,10H2,1H3,(H,25,28). The Kier molecular flexibility index (Phi) is 5.64. The normalized spacial score (nSPS) is 17.6. The average molecular weight is 417 g/mol. The molecule has 28 heavy (non-hydrogen) atoms. The van der Waals surface area contributed by atoms with Gasteiger partial charge in [0.15, 0.2) is 0 Å². The average Bonchev–Trinajstić information content (AvgIpc) is 2.62. The number of pyridine rings is 1. The van der Waals surface area contributed by atoms with Crippen LogP contribution in [-0.2, 0) is 6.18 Å². The monoisotopic (exact) mass is 416 g/mol. The number of benzene rings is 1. The summed E-state index contributed by atoms with van der Waals surface area (Å²) in [6.45, 7) is 3.05. The fraction of sp³-hybridized carbons (Fsp3) is 0.333. The number of halogens is 5. The number of piperazine rings is 1. The first kappa shape index (κ1) is 20.2. The van der Waals surface area contributed by atoms with E-state index in [-0.39, 0.29) is 11.7 Å². The molecule has 0 saturated carbocycles. The minimum absolute atomic E-state index is 0.246. The highest BCUT2D eigenvalue weighted by molar-refractivity contribution is 6.32. The molecule has 1 N–H and O–H groups in total. The molecule has 2 amide bonds. The van der Waals surface area contributed by atoms with Crippen LogP contribution in [0.15, 0.2) is 36.5 Å². The third-order valence-electron chi connectivity index (χ3n) is 4.46. The van der Waals surface area contributed by atoms with E-state index in [2.05, 4.69) is 10.3 Å². The molecule has 1 aromatic carbocycles. The van der Waals surface area contributed by atoms with Gasteiger partial charge in [-0.05, 0) is 37.3 Å². The van der Waals surface area contributed by atoms with Crippen molar-refractivity contribution in [1.29, 1.82) is 0 Å². The fourth-order valence-electron chi connectivity index (χ4n) is 3.04. The second-order valence-electron chi connectivity index (χ2n) is 6.42. The van der Waals surface area contributed by atoms with Crippen LogP contribution in [0.5, 0.6) is 0 Å². The SMILES string of the molecule is CC1CN(c2ncccc2Cl)CCN1C(=O)Nc1ccc(C(F)(F)F)cc1F. The van der Waals surface area contributed by atoms with Crippen LogP contribution >= 0.6 is 11.6 Å². The highest BCUT2D eigenvalue weighted by Gasteiger charge is 2.32. The maximum Gasteiger partial charge on any atom is 0.416 e. The molecule has 2 aromatic rings. The first-order valence-electron chi connectivity index (χ1n) is 8.46. The Bertz CT molecular complexity index is 877. The topological polar surface area (TPSA) is 48.5 Å². The molecular weight excluding hydrogens is 400 g/mol. The molecule has 1 aliphatic heterocycles. The van der Waals surface area contributed by atoms with Crippen molar-refractivity contribution < 1.29 is 22.4 Å². The van der Waals surface area contributed by atoms with Gasteiger partial charge < -0.3 is 15.1 Å². The van der Waals surface area contributed by atoms with Crippen molar-refractivity contribution in [2.75, 3.05) is 29.9 Å². The van der Waals surface area contributed by atoms with Crippen molar-refractivity contribution in [3.05, 3.63) is 52.9 Å². The van der Waals surface area contributed by atoms with Crippen molar-refractivity contribution in [3.63, 3.8) is 0 Å². The Balaban J connectivity index is 1.67. The summed E-state index contributed by atoms with van der Waals surface area (Å²) in [5, 5.41) is 2.84. The number of anilines is 2. The van der Waals surface area contributed by atoms with Gasteiger partial charge in [-0.25, -0.2) is 14.2 Å². The summed E-state index contributed by atoms with van der Waals surface area (Å²) in [6, 6.07) is 4.61. The number of hydrogen-bond acceptors (Lipinski definition) is 3. The number of carbonyl (C=O) groups excluding carboxylic acids is 1. The van der Waals surface area contributed by atoms with Crippen molar-refractivity contribution in [1.82, 2.24) is 9.88 Å². The minimum atomic E-state index is -4.65. The number of nitrogens with one attached hydrogen (secondary N) is 1. The highest BCUT2D eigenvalue weighted by atomic mass is 35.5. The van der Waals surface area contributed by atoms with E-state index in [1.807, 2.05) is 11.8 Å². The number of alkyl halides is 3. The van der Waals surface area contributed by atoms with Crippen LogP contribution < -0.4 is 10.2 Å². The van der Waals surface area contributed by atoms with Gasteiger partial charge in [0, 0.05) is 31.9 Å². The number of amides is 2. The van der Waals surface area contributed by atoms with Crippen LogP contribution in [-0.4, -0.2) is 41.6 Å². The number of rotatable bonds is 2. The van der Waals surface area contributed by atoms with E-state index in [0.717, 1.165) is 12.1 Å². The summed E-state index contributed by atoms with van der Waals surface area (Å²) in [5.41, 5.74) is -1.42. The Morgan fingerprint density at radius 2 is 2.04 bits per heavy atom. The first-order valence-corrected chi connectivity index (χ1v) is 8.84. The van der Waals surface area contributed by atoms with Crippen molar-refractivity contribution in [3.8, 4) is 0 Å². The van der Waals surface area contributed by atoms with Gasteiger partial charge in [0.05, 0.1) is 16.3 Å². The lowest BCUT2D eigenvalue weighted by Crippen LogP contribution is -2.55. The van der Waals surface area contributed by atoms with E-state index in [0.29, 0.717) is 36.5 Å². The smallest absolute Gasteiger partial charge is 0.352 e. The van der Waals surface area contributed by atoms with E-state index in [1.54, 1.807) is 18.3 Å². The number of urea groups is 1. The molecule has 3 rings (SSSR count). The van der Waals surface area contributed by atoms with Crippen LogP contribution in [0.1, 0.15) is 12.5 Å². The highest BCUT2D eigenvalue weighted by Crippen LogP contribution is 2.31.